The van der Waals surface area contributed by atoms with Crippen molar-refractivity contribution in [2.24, 2.45) is 23.7 Å². The van der Waals surface area contributed by atoms with Crippen molar-refractivity contribution in [1.29, 1.82) is 0 Å². The minimum absolute atomic E-state index is 0.0811. The van der Waals surface area contributed by atoms with Gasteiger partial charge >= 0.3 is 5.97 Å². The topological polar surface area (TPSA) is 209 Å². The number of aliphatic hydroxyl groups is 4. The largest absolute Gasteiger partial charge is 0.468 e. The maximum absolute atomic E-state index is 14.2. The number of aliphatic hydroxyl groups excluding tert-OH is 4. The number of cyclic esters (lactones) is 1. The Balaban J connectivity index is 1.20. The second-order valence-corrected chi connectivity index (χ2v) is 20.2. The molecule has 1 aromatic carbocycles. The molecule has 2 fully saturated rings. The molecule has 7 rings (SSSR count). The van der Waals surface area contributed by atoms with Crippen LogP contribution in [0.2, 0.25) is 0 Å². The van der Waals surface area contributed by atoms with E-state index in [1.807, 2.05) is 82.4 Å². The van der Waals surface area contributed by atoms with Gasteiger partial charge in [0.1, 0.15) is 18.0 Å². The van der Waals surface area contributed by atoms with Gasteiger partial charge in [0.05, 0.1) is 85.1 Å². The number of carbonyl (C=O) groups excluding carboxylic acids is 2. The fourth-order valence-corrected chi connectivity index (χ4v) is 10.4. The number of para-hydroxylation sites is 1. The van der Waals surface area contributed by atoms with E-state index >= 15 is 0 Å². The van der Waals surface area contributed by atoms with E-state index in [-0.39, 0.29) is 24.2 Å². The maximum atomic E-state index is 14.2. The Kier molecular flexibility index (Phi) is 18.7. The number of allylic oxidation sites excluding steroid dienone is 3. The van der Waals surface area contributed by atoms with Gasteiger partial charge in [0.25, 0.3) is 0 Å². The molecular weight excluding hydrogens is 895 g/mol. The van der Waals surface area contributed by atoms with E-state index in [9.17, 15) is 30.0 Å². The third-order valence-corrected chi connectivity index (χ3v) is 14.5. The van der Waals surface area contributed by atoms with Crippen LogP contribution in [0, 0.1) is 23.7 Å². The number of benzene rings is 1. The number of furan rings is 1. The number of esters is 1. The van der Waals surface area contributed by atoms with Crippen LogP contribution >= 0.6 is 0 Å². The molecular formula is C53H75N7O10. The highest BCUT2D eigenvalue weighted by Gasteiger charge is 2.47. The van der Waals surface area contributed by atoms with Gasteiger partial charge in [0, 0.05) is 49.3 Å². The Morgan fingerprint density at radius 2 is 1.73 bits per heavy atom. The molecule has 0 amide bonds. The average molecular weight is 970 g/mol. The van der Waals surface area contributed by atoms with Gasteiger partial charge in [0.15, 0.2) is 12.1 Å². The van der Waals surface area contributed by atoms with E-state index < -0.39 is 72.7 Å². The molecule has 6 heterocycles. The first-order chi connectivity index (χ1) is 33.6. The molecule has 12 atom stereocenters. The predicted octanol–water partition coefficient (Wildman–Crippen LogP) is 5.09. The summed E-state index contributed by atoms with van der Waals surface area (Å²) >= 11 is 0. The molecule has 0 aliphatic carbocycles. The average Bonchev–Trinajstić information content (AvgIpc) is 4.04. The highest BCUT2D eigenvalue weighted by Crippen LogP contribution is 2.35. The summed E-state index contributed by atoms with van der Waals surface area (Å²) in [5.41, 5.74) is 3.20. The van der Waals surface area contributed by atoms with Gasteiger partial charge in [-0.2, -0.15) is 0 Å². The number of likely N-dealkylation sites (N-methyl/N-ethyl adjacent to an activating group) is 1. The number of hydrogen-bond donors (Lipinski definition) is 4. The molecule has 17 nitrogen and oxygen atoms in total. The summed E-state index contributed by atoms with van der Waals surface area (Å²) < 4.78 is 26.9. The van der Waals surface area contributed by atoms with Crippen LogP contribution in [0.4, 0.5) is 0 Å². The summed E-state index contributed by atoms with van der Waals surface area (Å²) in [6, 6.07) is 12.9. The molecule has 3 aliphatic heterocycles. The normalized spacial score (nSPS) is 31.8. The number of ketones is 1. The van der Waals surface area contributed by atoms with Gasteiger partial charge in [-0.05, 0) is 103 Å². The number of aromatic nitrogens is 4. The first-order valence-corrected chi connectivity index (χ1v) is 25.1. The summed E-state index contributed by atoms with van der Waals surface area (Å²) in [6.07, 6.45) is 5.92. The van der Waals surface area contributed by atoms with Crippen molar-refractivity contribution < 1.29 is 48.6 Å². The molecule has 4 N–H and O–H groups in total. The molecule has 0 radical (unpaired) electrons. The Morgan fingerprint density at radius 1 is 0.957 bits per heavy atom. The third kappa shape index (κ3) is 13.8. The van der Waals surface area contributed by atoms with E-state index in [0.29, 0.717) is 64.0 Å². The fraction of sp³-hybridized carbons (Fsp3) is 0.604. The lowest BCUT2D eigenvalue weighted by molar-refractivity contribution is -0.304. The first-order valence-electron chi connectivity index (χ1n) is 25.1. The van der Waals surface area contributed by atoms with Crippen LogP contribution in [0.1, 0.15) is 84.6 Å². The highest BCUT2D eigenvalue weighted by molar-refractivity contribution is 5.91. The SMILES string of the molecule is CC[C@H]1OC(=O)C[C@@H](O)[C@H](C)[C@@H](O[C@@H]2O[C@H](C)[C@@H](O)[C@H](N(C)C)[C@H]2O)[C@@H](CCN(Cc2cn(-c3cnc4ccccc4c3)nn2)Cc2ccco2)C[C@@H](C)C(=O)/C=C/C(C)=C/[C@@H]1CN1CCC(O)CC1. The van der Waals surface area contributed by atoms with E-state index in [4.69, 9.17) is 18.6 Å². The van der Waals surface area contributed by atoms with Gasteiger partial charge in [-0.3, -0.25) is 19.5 Å². The summed E-state index contributed by atoms with van der Waals surface area (Å²) in [4.78, 5) is 39.0. The summed E-state index contributed by atoms with van der Waals surface area (Å²) in [5, 5.41) is 55.3. The van der Waals surface area contributed by atoms with Crippen LogP contribution in [0.3, 0.4) is 0 Å². The van der Waals surface area contributed by atoms with Crippen LogP contribution in [-0.2, 0) is 36.9 Å². The fourth-order valence-electron chi connectivity index (χ4n) is 10.4. The lowest BCUT2D eigenvalue weighted by atomic mass is 9.79. The van der Waals surface area contributed by atoms with Crippen LogP contribution in [0.5, 0.6) is 0 Å². The lowest BCUT2D eigenvalue weighted by Gasteiger charge is -2.46. The number of likely N-dealkylation sites (tertiary alicyclic amines) is 1. The molecule has 4 aromatic rings. The summed E-state index contributed by atoms with van der Waals surface area (Å²) in [6.45, 7) is 12.7. The number of carbonyl (C=O) groups is 2. The minimum Gasteiger partial charge on any atom is -0.468 e. The Bertz CT molecular complexity index is 2350. The lowest BCUT2D eigenvalue weighted by Crippen LogP contribution is -2.63. The van der Waals surface area contributed by atoms with Crippen LogP contribution in [0.15, 0.2) is 89.3 Å². The number of ether oxygens (including phenoxy) is 3. The van der Waals surface area contributed by atoms with Crippen molar-refractivity contribution in [1.82, 2.24) is 34.7 Å². The number of rotatable bonds is 14. The standard InChI is InChI=1S/C53H75N7O10/c1-8-47-39(29-58-21-18-42(61)19-22-58)24-33(2)15-16-45(62)34(3)25-38(52(35(4)46(63)27-48(64)69-47)70-53-51(66)49(57(6)7)50(65)36(5)68-53)17-20-59(32-43-13-11-23-67-43)30-40-31-60(56-55-40)41-26-37-12-9-10-14-44(37)54-28-41/h9-16,23-24,26,28,31,34-36,38-39,42,46-47,49-53,61,63,65-66H,8,17-22,25,27,29-30,32H2,1-7H3/b16-15+,33-24+/t34-,35+,36-,38+,39-,46-,47-,49+,50-,51-,52-,53+/m1/s1. The zero-order valence-corrected chi connectivity index (χ0v) is 41.9. The Hall–Kier alpha value is -4.69. The maximum Gasteiger partial charge on any atom is 0.308 e. The number of nitrogens with zero attached hydrogens (tertiary/aromatic N) is 7. The van der Waals surface area contributed by atoms with Crippen molar-refractivity contribution in [3.63, 3.8) is 0 Å². The van der Waals surface area contributed by atoms with E-state index in [1.165, 1.54) is 0 Å². The summed E-state index contributed by atoms with van der Waals surface area (Å²) in [5.74, 6) is -1.77. The van der Waals surface area contributed by atoms with Crippen LogP contribution in [0.25, 0.3) is 16.6 Å². The van der Waals surface area contributed by atoms with E-state index in [2.05, 4.69) is 31.2 Å². The zero-order valence-electron chi connectivity index (χ0n) is 41.9. The third-order valence-electron chi connectivity index (χ3n) is 14.5. The second-order valence-electron chi connectivity index (χ2n) is 20.2. The highest BCUT2D eigenvalue weighted by atomic mass is 16.7. The number of fused-ring (bicyclic) bond motifs is 1. The van der Waals surface area contributed by atoms with Crippen LogP contribution in [-0.4, -0.2) is 162 Å². The van der Waals surface area contributed by atoms with Crippen molar-refractivity contribution in [3.05, 3.63) is 96.4 Å². The molecule has 17 heteroatoms. The summed E-state index contributed by atoms with van der Waals surface area (Å²) in [7, 11) is 3.54. The molecule has 0 saturated carbocycles. The van der Waals surface area contributed by atoms with Gasteiger partial charge in [-0.1, -0.05) is 61.9 Å². The Morgan fingerprint density at radius 3 is 2.46 bits per heavy atom. The monoisotopic (exact) mass is 970 g/mol. The zero-order chi connectivity index (χ0) is 50.1. The molecule has 0 spiro atoms. The number of hydrogen-bond acceptors (Lipinski definition) is 16. The van der Waals surface area contributed by atoms with Gasteiger partial charge in [-0.25, -0.2) is 4.68 Å². The van der Waals surface area contributed by atoms with Gasteiger partial charge in [0.2, 0.25) is 0 Å². The molecule has 0 bridgehead atoms. The van der Waals surface area contributed by atoms with E-state index in [1.54, 1.807) is 49.1 Å². The van der Waals surface area contributed by atoms with Gasteiger partial charge in [-0.15, -0.1) is 5.10 Å². The first kappa shape index (κ1) is 53.1. The van der Waals surface area contributed by atoms with Crippen molar-refractivity contribution >= 4 is 22.7 Å². The molecule has 382 valence electrons. The van der Waals surface area contributed by atoms with Crippen molar-refractivity contribution in [2.45, 2.75) is 141 Å². The molecule has 0 unspecified atom stereocenters. The van der Waals surface area contributed by atoms with Crippen molar-refractivity contribution in [3.8, 4) is 5.69 Å². The predicted molar refractivity (Wildman–Crippen MR) is 263 cm³/mol. The van der Waals surface area contributed by atoms with Gasteiger partial charge < -0.3 is 48.9 Å². The Labute approximate surface area is 412 Å². The molecule has 3 aromatic heterocycles. The quantitative estimate of drug-likeness (QED) is 0.121. The second kappa shape index (κ2) is 24.6. The smallest absolute Gasteiger partial charge is 0.308 e. The molecule has 70 heavy (non-hydrogen) atoms. The number of pyridine rings is 1. The molecule has 2 saturated heterocycles. The molecule has 3 aliphatic rings. The van der Waals surface area contributed by atoms with Crippen LogP contribution < -0.4 is 0 Å². The number of piperidine rings is 1. The minimum atomic E-state index is -1.28. The van der Waals surface area contributed by atoms with E-state index in [0.717, 1.165) is 41.0 Å². The van der Waals surface area contributed by atoms with Crippen molar-refractivity contribution in [2.75, 3.05) is 40.3 Å².